The van der Waals surface area contributed by atoms with Gasteiger partial charge >= 0.3 is 0 Å². The number of benzene rings is 1. The molecule has 3 nitrogen and oxygen atoms in total. The monoisotopic (exact) mass is 374 g/mol. The Hall–Kier alpha value is -1.23. The summed E-state index contributed by atoms with van der Waals surface area (Å²) in [4.78, 5) is 12.6. The van der Waals surface area contributed by atoms with Crippen LogP contribution >= 0.6 is 0 Å². The molecule has 0 aliphatic heterocycles. The van der Waals surface area contributed by atoms with Crippen molar-refractivity contribution < 1.29 is 14.0 Å². The molecule has 144 valence electrons. The van der Waals surface area contributed by atoms with Crippen LogP contribution in [0.15, 0.2) is 43.0 Å². The third kappa shape index (κ3) is 4.73. The lowest BCUT2D eigenvalue weighted by molar-refractivity contribution is -0.145. The molecule has 1 aromatic carbocycles. The predicted octanol–water partition coefficient (Wildman–Crippen LogP) is 5.37. The number of ether oxygens (including phenoxy) is 1. The average Bonchev–Trinajstić information content (AvgIpc) is 2.55. The number of ketones is 1. The van der Waals surface area contributed by atoms with Crippen LogP contribution in [-0.4, -0.2) is 26.3 Å². The van der Waals surface area contributed by atoms with E-state index in [0.29, 0.717) is 13.0 Å². The van der Waals surface area contributed by atoms with Gasteiger partial charge in [-0.2, -0.15) is 0 Å². The van der Waals surface area contributed by atoms with Crippen molar-refractivity contribution in [3.05, 3.63) is 48.6 Å². The highest BCUT2D eigenvalue weighted by Gasteiger charge is 2.47. The number of carbonyl (C=O) groups excluding carboxylic acids is 1. The summed E-state index contributed by atoms with van der Waals surface area (Å²) < 4.78 is 13.0. The lowest BCUT2D eigenvalue weighted by atomic mass is 9.77. The highest BCUT2D eigenvalue weighted by atomic mass is 28.4. The van der Waals surface area contributed by atoms with Gasteiger partial charge in [0.15, 0.2) is 8.32 Å². The fraction of sp³-hybridized carbons (Fsp3) is 0.591. The van der Waals surface area contributed by atoms with Gasteiger partial charge in [0, 0.05) is 6.42 Å². The van der Waals surface area contributed by atoms with Crippen molar-refractivity contribution in [2.24, 2.45) is 11.8 Å². The molecule has 4 atom stereocenters. The minimum Gasteiger partial charge on any atom is -0.411 e. The van der Waals surface area contributed by atoms with Crippen molar-refractivity contribution in [1.29, 1.82) is 0 Å². The Kier molecular flexibility index (Phi) is 6.64. The summed E-state index contributed by atoms with van der Waals surface area (Å²) in [5, 5.41) is 0.113. The highest BCUT2D eigenvalue weighted by Crippen LogP contribution is 2.41. The first kappa shape index (κ1) is 21.1. The van der Waals surface area contributed by atoms with Crippen LogP contribution in [0.25, 0.3) is 0 Å². The molecule has 0 radical (unpaired) electrons. The molecule has 1 aliphatic rings. The van der Waals surface area contributed by atoms with Gasteiger partial charge in [-0.1, -0.05) is 64.1 Å². The van der Waals surface area contributed by atoms with E-state index in [1.54, 1.807) is 6.08 Å². The Bertz CT molecular complexity index is 618. The van der Waals surface area contributed by atoms with Gasteiger partial charge < -0.3 is 9.16 Å². The predicted molar refractivity (Wildman–Crippen MR) is 110 cm³/mol. The second-order valence-electron chi connectivity index (χ2n) is 9.01. The van der Waals surface area contributed by atoms with Crippen LogP contribution in [0.1, 0.15) is 39.7 Å². The summed E-state index contributed by atoms with van der Waals surface area (Å²) in [6.45, 7) is 17.7. The second-order valence-corrected chi connectivity index (χ2v) is 13.8. The molecule has 0 amide bonds. The van der Waals surface area contributed by atoms with Crippen molar-refractivity contribution in [3.63, 3.8) is 0 Å². The molecule has 1 aromatic rings. The van der Waals surface area contributed by atoms with Gasteiger partial charge in [0.25, 0.3) is 0 Å². The Morgan fingerprint density at radius 2 is 1.81 bits per heavy atom. The van der Waals surface area contributed by atoms with Gasteiger partial charge in [-0.05, 0) is 29.6 Å². The Morgan fingerprint density at radius 1 is 1.19 bits per heavy atom. The van der Waals surface area contributed by atoms with Gasteiger partial charge in [0.2, 0.25) is 0 Å². The van der Waals surface area contributed by atoms with Crippen LogP contribution in [0, 0.1) is 11.8 Å². The molecule has 1 fully saturated rings. The minimum absolute atomic E-state index is 0.0831. The Labute approximate surface area is 159 Å². The summed E-state index contributed by atoms with van der Waals surface area (Å²) >= 11 is 0. The van der Waals surface area contributed by atoms with Crippen LogP contribution in [-0.2, 0) is 20.6 Å². The van der Waals surface area contributed by atoms with Crippen LogP contribution in [0.5, 0.6) is 0 Å². The highest BCUT2D eigenvalue weighted by molar-refractivity contribution is 6.74. The van der Waals surface area contributed by atoms with Crippen molar-refractivity contribution in [1.82, 2.24) is 0 Å². The molecule has 1 saturated carbocycles. The van der Waals surface area contributed by atoms with E-state index in [4.69, 9.17) is 9.16 Å². The molecule has 0 spiro atoms. The zero-order chi connectivity index (χ0) is 19.5. The van der Waals surface area contributed by atoms with E-state index in [-0.39, 0.29) is 34.9 Å². The third-order valence-corrected chi connectivity index (χ3v) is 10.4. The second kappa shape index (κ2) is 8.20. The maximum atomic E-state index is 12.6. The van der Waals surface area contributed by atoms with Crippen LogP contribution in [0.3, 0.4) is 0 Å². The van der Waals surface area contributed by atoms with Gasteiger partial charge in [-0.25, -0.2) is 0 Å². The molecule has 0 bridgehead atoms. The van der Waals surface area contributed by atoms with Gasteiger partial charge in [-0.3, -0.25) is 4.79 Å². The fourth-order valence-electron chi connectivity index (χ4n) is 3.21. The molecule has 4 heteroatoms. The fourth-order valence-corrected chi connectivity index (χ4v) is 4.61. The molecule has 0 heterocycles. The lowest BCUT2D eigenvalue weighted by Gasteiger charge is -2.46. The number of Topliss-reactive ketones (excluding diaryl/α,β-unsaturated/α-hetero) is 1. The van der Waals surface area contributed by atoms with Crippen LogP contribution in [0.4, 0.5) is 0 Å². The summed E-state index contributed by atoms with van der Waals surface area (Å²) in [6.07, 6.45) is 1.91. The van der Waals surface area contributed by atoms with E-state index < -0.39 is 8.32 Å². The summed E-state index contributed by atoms with van der Waals surface area (Å²) in [6, 6.07) is 10.1. The number of carbonyl (C=O) groups is 1. The maximum absolute atomic E-state index is 12.6. The number of hydrogen-bond donors (Lipinski definition) is 0. The number of rotatable bonds is 6. The Balaban J connectivity index is 2.25. The van der Waals surface area contributed by atoms with Gasteiger partial charge in [0.1, 0.15) is 5.78 Å². The SMILES string of the molecule is C=C[C@@H]1C(=O)C[C@@H](C)[C@@H](O[Si](C)(C)C(C)(C)C)[C@@H]1OCc1ccccc1. The average molecular weight is 375 g/mol. The van der Waals surface area contributed by atoms with Crippen LogP contribution < -0.4 is 0 Å². The Morgan fingerprint density at radius 3 is 2.35 bits per heavy atom. The van der Waals surface area contributed by atoms with Crippen molar-refractivity contribution in [3.8, 4) is 0 Å². The van der Waals surface area contributed by atoms with E-state index in [9.17, 15) is 4.79 Å². The maximum Gasteiger partial charge on any atom is 0.192 e. The smallest absolute Gasteiger partial charge is 0.192 e. The molecule has 26 heavy (non-hydrogen) atoms. The molecule has 1 aliphatic carbocycles. The largest absolute Gasteiger partial charge is 0.411 e. The lowest BCUT2D eigenvalue weighted by Crippen LogP contribution is -2.55. The van der Waals surface area contributed by atoms with Gasteiger partial charge in [-0.15, -0.1) is 6.58 Å². The molecular formula is C22H34O3Si. The molecule has 2 rings (SSSR count). The van der Waals surface area contributed by atoms with E-state index in [2.05, 4.69) is 47.4 Å². The minimum atomic E-state index is -1.97. The standard InChI is InChI=1S/C22H34O3Si/c1-8-18-19(23)14-16(2)20(25-26(6,7)22(3,4)5)21(18)24-15-17-12-10-9-11-13-17/h8-13,16,18,20-21H,1,14-15H2,2-7H3/t16-,18-,20-,21-/m1/s1. The van der Waals surface area contributed by atoms with E-state index >= 15 is 0 Å². The van der Waals surface area contributed by atoms with E-state index in [1.165, 1.54) is 0 Å². The van der Waals surface area contributed by atoms with Crippen LogP contribution in [0.2, 0.25) is 18.1 Å². The number of hydrogen-bond acceptors (Lipinski definition) is 3. The zero-order valence-electron chi connectivity index (χ0n) is 17.1. The topological polar surface area (TPSA) is 35.5 Å². The summed E-state index contributed by atoms with van der Waals surface area (Å²) in [5.41, 5.74) is 1.10. The van der Waals surface area contributed by atoms with Crippen molar-refractivity contribution in [2.75, 3.05) is 0 Å². The molecule has 0 N–H and O–H groups in total. The normalized spacial score (nSPS) is 27.4. The zero-order valence-corrected chi connectivity index (χ0v) is 18.1. The van der Waals surface area contributed by atoms with E-state index in [0.717, 1.165) is 5.56 Å². The first-order valence-electron chi connectivity index (χ1n) is 9.55. The van der Waals surface area contributed by atoms with Crippen molar-refractivity contribution in [2.45, 2.75) is 71.1 Å². The van der Waals surface area contributed by atoms with E-state index in [1.807, 2.05) is 30.3 Å². The molecular weight excluding hydrogens is 340 g/mol. The van der Waals surface area contributed by atoms with Crippen molar-refractivity contribution >= 4 is 14.1 Å². The first-order chi connectivity index (χ1) is 12.1. The summed E-state index contributed by atoms with van der Waals surface area (Å²) in [7, 11) is -1.97. The van der Waals surface area contributed by atoms with Gasteiger partial charge in [0.05, 0.1) is 24.7 Å². The summed E-state index contributed by atoms with van der Waals surface area (Å²) in [5.74, 6) is 0.0546. The quantitative estimate of drug-likeness (QED) is 0.496. The molecule has 0 aromatic heterocycles. The molecule has 0 saturated heterocycles. The molecule has 0 unspecified atom stereocenters. The third-order valence-electron chi connectivity index (χ3n) is 5.91. The first-order valence-corrected chi connectivity index (χ1v) is 12.5.